The Hall–Kier alpha value is -1.17. The molecule has 0 spiro atoms. The van der Waals surface area contributed by atoms with Gasteiger partial charge in [0.1, 0.15) is 0 Å². The zero-order valence-corrected chi connectivity index (χ0v) is 11.4. The van der Waals surface area contributed by atoms with Crippen LogP contribution in [0.1, 0.15) is 12.5 Å². The van der Waals surface area contributed by atoms with Crippen LogP contribution in [0.5, 0.6) is 0 Å². The van der Waals surface area contributed by atoms with Crippen molar-refractivity contribution >= 4 is 32.4 Å². The van der Waals surface area contributed by atoms with Crippen molar-refractivity contribution in [2.75, 3.05) is 0 Å². The molecule has 2 rings (SSSR count). The lowest BCUT2D eigenvalue weighted by Crippen LogP contribution is -2.27. The molecular formula is C12H13ClN2O2S. The van der Waals surface area contributed by atoms with Crippen LogP contribution in [0.2, 0.25) is 5.02 Å². The molecule has 0 amide bonds. The van der Waals surface area contributed by atoms with Crippen LogP contribution in [-0.4, -0.2) is 18.7 Å². The summed E-state index contributed by atoms with van der Waals surface area (Å²) in [6.07, 6.45) is 3.65. The van der Waals surface area contributed by atoms with Crippen molar-refractivity contribution in [3.63, 3.8) is 0 Å². The van der Waals surface area contributed by atoms with Gasteiger partial charge < -0.3 is 0 Å². The van der Waals surface area contributed by atoms with Gasteiger partial charge in [0.15, 0.2) is 0 Å². The molecule has 0 fully saturated rings. The summed E-state index contributed by atoms with van der Waals surface area (Å²) in [5.74, 6) is 0. The maximum absolute atomic E-state index is 11.2. The molecule has 0 aliphatic rings. The van der Waals surface area contributed by atoms with Gasteiger partial charge in [0.2, 0.25) is 10.0 Å². The van der Waals surface area contributed by atoms with Gasteiger partial charge in [0.25, 0.3) is 0 Å². The molecular weight excluding hydrogens is 272 g/mol. The number of halogens is 1. The number of aromatic nitrogens is 1. The van der Waals surface area contributed by atoms with Crippen LogP contribution in [0.4, 0.5) is 0 Å². The van der Waals surface area contributed by atoms with E-state index >= 15 is 0 Å². The number of sulfonamides is 1. The fourth-order valence-corrected chi connectivity index (χ4v) is 2.40. The molecule has 0 aliphatic carbocycles. The molecule has 1 atom stereocenters. The Morgan fingerprint density at radius 2 is 2.11 bits per heavy atom. The highest BCUT2D eigenvalue weighted by Gasteiger charge is 2.16. The molecule has 4 nitrogen and oxygen atoms in total. The summed E-state index contributed by atoms with van der Waals surface area (Å²) >= 11 is 6.05. The topological polar surface area (TPSA) is 73.0 Å². The number of pyridine rings is 1. The van der Waals surface area contributed by atoms with Gasteiger partial charge in [-0.3, -0.25) is 4.98 Å². The first-order valence-electron chi connectivity index (χ1n) is 5.41. The SMILES string of the molecule is CC(Cc1ccc2cncc(Cl)c2c1)S(N)(=O)=O. The average Bonchev–Trinajstić information content (AvgIpc) is 2.29. The van der Waals surface area contributed by atoms with E-state index in [4.69, 9.17) is 16.7 Å². The molecule has 0 radical (unpaired) electrons. The van der Waals surface area contributed by atoms with E-state index in [2.05, 4.69) is 4.98 Å². The second kappa shape index (κ2) is 4.84. The summed E-state index contributed by atoms with van der Waals surface area (Å²) in [6, 6.07) is 5.61. The molecule has 0 aliphatic heterocycles. The Kier molecular flexibility index (Phi) is 3.56. The predicted molar refractivity (Wildman–Crippen MR) is 73.0 cm³/mol. The van der Waals surface area contributed by atoms with E-state index in [0.29, 0.717) is 11.4 Å². The van der Waals surface area contributed by atoms with Crippen LogP contribution in [0, 0.1) is 0 Å². The van der Waals surface area contributed by atoms with Gasteiger partial charge in [0, 0.05) is 23.2 Å². The number of nitrogens with two attached hydrogens (primary N) is 1. The first-order chi connectivity index (χ1) is 8.38. The fraction of sp³-hybridized carbons (Fsp3) is 0.250. The molecule has 0 bridgehead atoms. The lowest BCUT2D eigenvalue weighted by Gasteiger charge is -2.10. The van der Waals surface area contributed by atoms with Gasteiger partial charge in [-0.15, -0.1) is 0 Å². The Labute approximate surface area is 111 Å². The van der Waals surface area contributed by atoms with E-state index in [9.17, 15) is 8.42 Å². The Morgan fingerprint density at radius 1 is 1.39 bits per heavy atom. The maximum atomic E-state index is 11.2. The normalized spacial score (nSPS) is 13.7. The van der Waals surface area contributed by atoms with Crippen LogP contribution in [0.15, 0.2) is 30.6 Å². The number of rotatable bonds is 3. The second-order valence-corrected chi connectivity index (χ2v) is 6.67. The molecule has 2 N–H and O–H groups in total. The molecule has 6 heteroatoms. The van der Waals surface area contributed by atoms with Crippen LogP contribution < -0.4 is 5.14 Å². The minimum Gasteiger partial charge on any atom is -0.263 e. The van der Waals surface area contributed by atoms with Crippen molar-refractivity contribution in [3.05, 3.63) is 41.2 Å². The van der Waals surface area contributed by atoms with Gasteiger partial charge >= 0.3 is 0 Å². The van der Waals surface area contributed by atoms with E-state index in [1.807, 2.05) is 18.2 Å². The highest BCUT2D eigenvalue weighted by Crippen LogP contribution is 2.24. The fourth-order valence-electron chi connectivity index (χ4n) is 1.75. The summed E-state index contributed by atoms with van der Waals surface area (Å²) < 4.78 is 22.4. The summed E-state index contributed by atoms with van der Waals surface area (Å²) in [4.78, 5) is 3.99. The third kappa shape index (κ3) is 2.80. The maximum Gasteiger partial charge on any atom is 0.212 e. The van der Waals surface area contributed by atoms with E-state index in [1.54, 1.807) is 19.3 Å². The largest absolute Gasteiger partial charge is 0.263 e. The van der Waals surface area contributed by atoms with Crippen molar-refractivity contribution in [3.8, 4) is 0 Å². The molecule has 0 saturated carbocycles. The van der Waals surface area contributed by atoms with Crippen molar-refractivity contribution in [1.82, 2.24) is 4.98 Å². The van der Waals surface area contributed by atoms with Gasteiger partial charge in [-0.05, 0) is 25.0 Å². The predicted octanol–water partition coefficient (Wildman–Crippen LogP) is 2.11. The second-order valence-electron chi connectivity index (χ2n) is 4.28. The van der Waals surface area contributed by atoms with Crippen LogP contribution >= 0.6 is 11.6 Å². The van der Waals surface area contributed by atoms with Crippen LogP contribution in [0.25, 0.3) is 10.8 Å². The first-order valence-corrected chi connectivity index (χ1v) is 7.40. The van der Waals surface area contributed by atoms with E-state index in [0.717, 1.165) is 16.3 Å². The standard InChI is InChI=1S/C12H13ClN2O2S/c1-8(18(14,16)17)4-9-2-3-10-6-15-7-12(13)11(10)5-9/h2-3,5-8H,4H2,1H3,(H2,14,16,17). The van der Waals surface area contributed by atoms with Crippen LogP contribution in [-0.2, 0) is 16.4 Å². The molecule has 1 unspecified atom stereocenters. The highest BCUT2D eigenvalue weighted by molar-refractivity contribution is 7.89. The third-order valence-electron chi connectivity index (χ3n) is 2.86. The smallest absolute Gasteiger partial charge is 0.212 e. The molecule has 0 saturated heterocycles. The molecule has 1 heterocycles. The van der Waals surface area contributed by atoms with E-state index in [1.165, 1.54) is 0 Å². The van der Waals surface area contributed by atoms with Crippen LogP contribution in [0.3, 0.4) is 0 Å². The number of nitrogens with zero attached hydrogens (tertiary/aromatic N) is 1. The van der Waals surface area contributed by atoms with Crippen molar-refractivity contribution in [1.29, 1.82) is 0 Å². The van der Waals surface area contributed by atoms with Gasteiger partial charge in [0.05, 0.1) is 10.3 Å². The van der Waals surface area contributed by atoms with E-state index in [-0.39, 0.29) is 0 Å². The molecule has 1 aromatic heterocycles. The Bertz CT molecular complexity index is 686. The van der Waals surface area contributed by atoms with Crippen molar-refractivity contribution < 1.29 is 8.42 Å². The summed E-state index contributed by atoms with van der Waals surface area (Å²) in [5, 5.41) is 6.84. The highest BCUT2D eigenvalue weighted by atomic mass is 35.5. The lowest BCUT2D eigenvalue weighted by molar-refractivity contribution is 0.584. The number of hydrogen-bond donors (Lipinski definition) is 1. The lowest BCUT2D eigenvalue weighted by atomic mass is 10.1. The summed E-state index contributed by atoms with van der Waals surface area (Å²) in [5.41, 5.74) is 0.886. The van der Waals surface area contributed by atoms with Gasteiger partial charge in [-0.2, -0.15) is 0 Å². The quantitative estimate of drug-likeness (QED) is 0.938. The number of primary sulfonamides is 1. The molecule has 96 valence electrons. The number of hydrogen-bond acceptors (Lipinski definition) is 3. The van der Waals surface area contributed by atoms with Crippen molar-refractivity contribution in [2.24, 2.45) is 5.14 Å². The number of fused-ring (bicyclic) bond motifs is 1. The zero-order chi connectivity index (χ0) is 13.3. The molecule has 2 aromatic rings. The van der Waals surface area contributed by atoms with Crippen molar-refractivity contribution in [2.45, 2.75) is 18.6 Å². The Morgan fingerprint density at radius 3 is 2.78 bits per heavy atom. The minimum atomic E-state index is -3.51. The average molecular weight is 285 g/mol. The molecule has 18 heavy (non-hydrogen) atoms. The Balaban J connectivity index is 2.39. The summed E-state index contributed by atoms with van der Waals surface area (Å²) in [7, 11) is -3.51. The number of benzene rings is 1. The minimum absolute atomic E-state index is 0.368. The first kappa shape index (κ1) is 13.3. The third-order valence-corrected chi connectivity index (χ3v) is 4.45. The summed E-state index contributed by atoms with van der Waals surface area (Å²) in [6.45, 7) is 1.59. The zero-order valence-electron chi connectivity index (χ0n) is 9.80. The van der Waals surface area contributed by atoms with E-state index < -0.39 is 15.3 Å². The van der Waals surface area contributed by atoms with Gasteiger partial charge in [-0.1, -0.05) is 23.7 Å². The molecule has 1 aromatic carbocycles. The van der Waals surface area contributed by atoms with Gasteiger partial charge in [-0.25, -0.2) is 13.6 Å². The monoisotopic (exact) mass is 284 g/mol.